The van der Waals surface area contributed by atoms with Gasteiger partial charge in [0.1, 0.15) is 0 Å². The fourth-order valence-corrected chi connectivity index (χ4v) is 4.01. The molecule has 156 valence electrons. The number of amides is 2. The van der Waals surface area contributed by atoms with E-state index in [4.69, 9.17) is 9.47 Å². The minimum Gasteiger partial charge on any atom is -0.493 e. The molecule has 1 aromatic carbocycles. The molecule has 0 radical (unpaired) electrons. The molecule has 1 saturated heterocycles. The lowest BCUT2D eigenvalue weighted by Gasteiger charge is -2.34. The van der Waals surface area contributed by atoms with Crippen LogP contribution in [0.2, 0.25) is 0 Å². The van der Waals surface area contributed by atoms with Crippen molar-refractivity contribution in [1.29, 1.82) is 0 Å². The summed E-state index contributed by atoms with van der Waals surface area (Å²) in [5.41, 5.74) is 0.876. The Balaban J connectivity index is 1.37. The molecule has 7 nitrogen and oxygen atoms in total. The van der Waals surface area contributed by atoms with Gasteiger partial charge in [0, 0.05) is 39.3 Å². The Morgan fingerprint density at radius 3 is 2.48 bits per heavy atom. The molecule has 1 aromatic heterocycles. The van der Waals surface area contributed by atoms with Crippen LogP contribution in [0.1, 0.15) is 15.2 Å². The number of hydrogen-bond donors (Lipinski definition) is 1. The number of hydrogen-bond acceptors (Lipinski definition) is 6. The van der Waals surface area contributed by atoms with E-state index in [0.717, 1.165) is 43.2 Å². The largest absolute Gasteiger partial charge is 0.493 e. The third kappa shape index (κ3) is 5.71. The van der Waals surface area contributed by atoms with Crippen LogP contribution in [0.25, 0.3) is 0 Å². The number of piperazine rings is 1. The van der Waals surface area contributed by atoms with Gasteiger partial charge in [-0.3, -0.25) is 14.5 Å². The second-order valence-corrected chi connectivity index (χ2v) is 7.77. The van der Waals surface area contributed by atoms with Crippen molar-refractivity contribution in [2.24, 2.45) is 0 Å². The Morgan fingerprint density at radius 2 is 1.83 bits per heavy atom. The van der Waals surface area contributed by atoms with Crippen molar-refractivity contribution in [2.45, 2.75) is 6.42 Å². The Labute approximate surface area is 175 Å². The summed E-state index contributed by atoms with van der Waals surface area (Å²) in [6.07, 6.45) is 0.295. The number of benzene rings is 1. The van der Waals surface area contributed by atoms with Gasteiger partial charge in [0.25, 0.3) is 5.91 Å². The van der Waals surface area contributed by atoms with E-state index in [2.05, 4.69) is 10.2 Å². The molecule has 3 rings (SSSR count). The molecule has 2 aromatic rings. The van der Waals surface area contributed by atoms with Crippen molar-refractivity contribution in [2.75, 3.05) is 53.5 Å². The van der Waals surface area contributed by atoms with Gasteiger partial charge >= 0.3 is 0 Å². The first-order chi connectivity index (χ1) is 14.1. The molecule has 0 saturated carbocycles. The molecular weight excluding hydrogens is 390 g/mol. The molecule has 0 unspecified atom stereocenters. The van der Waals surface area contributed by atoms with Crippen LogP contribution in [0.3, 0.4) is 0 Å². The summed E-state index contributed by atoms with van der Waals surface area (Å²) < 4.78 is 10.5. The SMILES string of the molecule is COc1ccc(CC(=O)NCCN2CCN(C(=O)c3cccs3)CC2)cc1OC. The Kier molecular flexibility index (Phi) is 7.48. The van der Waals surface area contributed by atoms with Gasteiger partial charge < -0.3 is 19.7 Å². The highest BCUT2D eigenvalue weighted by atomic mass is 32.1. The maximum Gasteiger partial charge on any atom is 0.264 e. The van der Waals surface area contributed by atoms with Crippen molar-refractivity contribution in [1.82, 2.24) is 15.1 Å². The predicted molar refractivity (Wildman–Crippen MR) is 113 cm³/mol. The molecule has 1 N–H and O–H groups in total. The maximum absolute atomic E-state index is 12.4. The summed E-state index contributed by atoms with van der Waals surface area (Å²) in [6, 6.07) is 9.26. The van der Waals surface area contributed by atoms with E-state index >= 15 is 0 Å². The van der Waals surface area contributed by atoms with Crippen LogP contribution in [0.4, 0.5) is 0 Å². The summed E-state index contributed by atoms with van der Waals surface area (Å²) in [4.78, 5) is 29.6. The number of nitrogens with one attached hydrogen (secondary N) is 1. The minimum absolute atomic E-state index is 0.0243. The van der Waals surface area contributed by atoms with E-state index in [0.29, 0.717) is 24.5 Å². The summed E-state index contributed by atoms with van der Waals surface area (Å²) >= 11 is 1.48. The van der Waals surface area contributed by atoms with Crippen molar-refractivity contribution in [3.8, 4) is 11.5 Å². The molecule has 1 aliphatic rings. The van der Waals surface area contributed by atoms with Crippen LogP contribution >= 0.6 is 11.3 Å². The van der Waals surface area contributed by atoms with Crippen molar-refractivity contribution < 1.29 is 19.1 Å². The molecule has 0 aliphatic carbocycles. The summed E-state index contributed by atoms with van der Waals surface area (Å²) in [6.45, 7) is 4.45. The fourth-order valence-electron chi connectivity index (χ4n) is 3.32. The topological polar surface area (TPSA) is 71.1 Å². The molecule has 1 fully saturated rings. The third-order valence-electron chi connectivity index (χ3n) is 4.95. The van der Waals surface area contributed by atoms with E-state index in [9.17, 15) is 9.59 Å². The van der Waals surface area contributed by atoms with Crippen LogP contribution in [0, 0.1) is 0 Å². The van der Waals surface area contributed by atoms with Crippen molar-refractivity contribution in [3.05, 3.63) is 46.2 Å². The van der Waals surface area contributed by atoms with E-state index < -0.39 is 0 Å². The van der Waals surface area contributed by atoms with Crippen LogP contribution in [-0.2, 0) is 11.2 Å². The zero-order chi connectivity index (χ0) is 20.6. The fraction of sp³-hybridized carbons (Fsp3) is 0.429. The number of carbonyl (C=O) groups excluding carboxylic acids is 2. The van der Waals surface area contributed by atoms with Gasteiger partial charge in [-0.05, 0) is 29.1 Å². The van der Waals surface area contributed by atoms with Crippen LogP contribution in [-0.4, -0.2) is 75.1 Å². The molecule has 1 aliphatic heterocycles. The van der Waals surface area contributed by atoms with E-state index in [1.54, 1.807) is 20.3 Å². The zero-order valence-electron chi connectivity index (χ0n) is 16.8. The summed E-state index contributed by atoms with van der Waals surface area (Å²) in [7, 11) is 3.16. The highest BCUT2D eigenvalue weighted by Gasteiger charge is 2.22. The molecule has 29 heavy (non-hydrogen) atoms. The minimum atomic E-state index is -0.0243. The second kappa shape index (κ2) is 10.3. The molecular formula is C21H27N3O4S. The number of rotatable bonds is 8. The Bertz CT molecular complexity index is 817. The van der Waals surface area contributed by atoms with Crippen LogP contribution < -0.4 is 14.8 Å². The van der Waals surface area contributed by atoms with Crippen LogP contribution in [0.5, 0.6) is 11.5 Å². The highest BCUT2D eigenvalue weighted by molar-refractivity contribution is 7.12. The molecule has 2 heterocycles. The Morgan fingerprint density at radius 1 is 1.07 bits per heavy atom. The smallest absolute Gasteiger partial charge is 0.264 e. The first-order valence-electron chi connectivity index (χ1n) is 9.63. The lowest BCUT2D eigenvalue weighted by atomic mass is 10.1. The predicted octanol–water partition coefficient (Wildman–Crippen LogP) is 1.88. The standard InChI is InChI=1S/C21H27N3O4S/c1-27-17-6-5-16(14-18(17)28-2)15-20(25)22-7-8-23-9-11-24(12-10-23)21(26)19-4-3-13-29-19/h3-6,13-14H,7-12,15H2,1-2H3,(H,22,25). The Hall–Kier alpha value is -2.58. The molecule has 0 bridgehead atoms. The summed E-state index contributed by atoms with van der Waals surface area (Å²) in [5, 5.41) is 4.89. The average Bonchev–Trinajstić information content (AvgIpc) is 3.28. The quantitative estimate of drug-likeness (QED) is 0.710. The van der Waals surface area contributed by atoms with Gasteiger partial charge in [-0.25, -0.2) is 0 Å². The lowest BCUT2D eigenvalue weighted by molar-refractivity contribution is -0.120. The van der Waals surface area contributed by atoms with Gasteiger partial charge in [0.15, 0.2) is 11.5 Å². The number of methoxy groups -OCH3 is 2. The maximum atomic E-state index is 12.4. The van der Waals surface area contributed by atoms with Gasteiger partial charge in [-0.15, -0.1) is 11.3 Å². The zero-order valence-corrected chi connectivity index (χ0v) is 17.7. The lowest BCUT2D eigenvalue weighted by Crippen LogP contribution is -2.50. The van der Waals surface area contributed by atoms with E-state index in [-0.39, 0.29) is 11.8 Å². The summed E-state index contributed by atoms with van der Waals surface area (Å²) in [5.74, 6) is 1.35. The van der Waals surface area contributed by atoms with Crippen LogP contribution in [0.15, 0.2) is 35.7 Å². The van der Waals surface area contributed by atoms with Crippen molar-refractivity contribution in [3.63, 3.8) is 0 Å². The van der Waals surface area contributed by atoms with Gasteiger partial charge in [0.2, 0.25) is 5.91 Å². The van der Waals surface area contributed by atoms with E-state index in [1.807, 2.05) is 34.5 Å². The normalized spacial score (nSPS) is 14.5. The number of thiophene rings is 1. The second-order valence-electron chi connectivity index (χ2n) is 6.83. The highest BCUT2D eigenvalue weighted by Crippen LogP contribution is 2.27. The van der Waals surface area contributed by atoms with Crippen molar-refractivity contribution >= 4 is 23.2 Å². The number of nitrogens with zero attached hydrogens (tertiary/aromatic N) is 2. The van der Waals surface area contributed by atoms with Gasteiger partial charge in [0.05, 0.1) is 25.5 Å². The first-order valence-corrected chi connectivity index (χ1v) is 10.5. The van der Waals surface area contributed by atoms with E-state index in [1.165, 1.54) is 11.3 Å². The third-order valence-corrected chi connectivity index (χ3v) is 5.81. The number of ether oxygens (including phenoxy) is 2. The molecule has 8 heteroatoms. The monoisotopic (exact) mass is 417 g/mol. The van der Waals surface area contributed by atoms with Gasteiger partial charge in [-0.2, -0.15) is 0 Å². The molecule has 2 amide bonds. The number of carbonyl (C=O) groups is 2. The average molecular weight is 418 g/mol. The molecule has 0 atom stereocenters. The van der Waals surface area contributed by atoms with Gasteiger partial charge in [-0.1, -0.05) is 12.1 Å². The first kappa shape index (κ1) is 21.1. The molecule has 0 spiro atoms.